The van der Waals surface area contributed by atoms with Crippen LogP contribution in [0, 0.1) is 12.7 Å². The molecule has 74 valence electrons. The summed E-state index contributed by atoms with van der Waals surface area (Å²) in [5, 5.41) is 1.81. The Morgan fingerprint density at radius 3 is 2.67 bits per heavy atom. The van der Waals surface area contributed by atoms with Crippen molar-refractivity contribution >= 4 is 21.9 Å². The molecule has 0 saturated carbocycles. The van der Waals surface area contributed by atoms with Crippen LogP contribution < -0.4 is 0 Å². The van der Waals surface area contributed by atoms with Gasteiger partial charge in [-0.15, -0.1) is 0 Å². The molecule has 3 aromatic rings. The average molecular weight is 200 g/mol. The maximum Gasteiger partial charge on any atom is 0.171 e. The lowest BCUT2D eigenvalue weighted by molar-refractivity contribution is 0.578. The molecule has 0 fully saturated rings. The number of furan rings is 1. The van der Waals surface area contributed by atoms with Crippen molar-refractivity contribution in [2.45, 2.75) is 6.92 Å². The summed E-state index contributed by atoms with van der Waals surface area (Å²) < 4.78 is 19.2. The third kappa shape index (κ3) is 1.08. The number of hydrogen-bond donors (Lipinski definition) is 0. The first-order valence-corrected chi connectivity index (χ1v) is 4.84. The molecule has 0 unspecified atom stereocenters. The van der Waals surface area contributed by atoms with Crippen molar-refractivity contribution in [3.05, 3.63) is 47.8 Å². The summed E-state index contributed by atoms with van der Waals surface area (Å²) in [5.41, 5.74) is 1.70. The first kappa shape index (κ1) is 8.48. The quantitative estimate of drug-likeness (QED) is 0.534. The van der Waals surface area contributed by atoms with E-state index in [4.69, 9.17) is 4.42 Å². The van der Waals surface area contributed by atoms with Crippen molar-refractivity contribution in [1.82, 2.24) is 0 Å². The molecule has 15 heavy (non-hydrogen) atoms. The van der Waals surface area contributed by atoms with Crippen LogP contribution in [-0.4, -0.2) is 0 Å². The van der Waals surface area contributed by atoms with E-state index in [1.54, 1.807) is 13.0 Å². The van der Waals surface area contributed by atoms with Gasteiger partial charge in [-0.05, 0) is 18.6 Å². The van der Waals surface area contributed by atoms with E-state index in [2.05, 4.69) is 0 Å². The van der Waals surface area contributed by atoms with E-state index in [1.807, 2.05) is 30.3 Å². The highest BCUT2D eigenvalue weighted by Crippen LogP contribution is 2.31. The maximum absolute atomic E-state index is 13.7. The lowest BCUT2D eigenvalue weighted by atomic mass is 10.1. The zero-order valence-electron chi connectivity index (χ0n) is 8.25. The average Bonchev–Trinajstić information content (AvgIpc) is 2.63. The molecule has 0 spiro atoms. The van der Waals surface area contributed by atoms with Gasteiger partial charge in [0.1, 0.15) is 5.58 Å². The summed E-state index contributed by atoms with van der Waals surface area (Å²) >= 11 is 0. The zero-order valence-corrected chi connectivity index (χ0v) is 8.25. The third-order valence-electron chi connectivity index (χ3n) is 2.68. The Labute approximate surface area is 86.1 Å². The van der Waals surface area contributed by atoms with Crippen LogP contribution in [0.15, 0.2) is 40.8 Å². The topological polar surface area (TPSA) is 13.1 Å². The second kappa shape index (κ2) is 2.83. The third-order valence-corrected chi connectivity index (χ3v) is 2.68. The summed E-state index contributed by atoms with van der Waals surface area (Å²) in [6, 6.07) is 11.3. The van der Waals surface area contributed by atoms with Gasteiger partial charge in [0.05, 0.1) is 0 Å². The van der Waals surface area contributed by atoms with E-state index in [1.165, 1.54) is 0 Å². The van der Waals surface area contributed by atoms with Crippen LogP contribution >= 0.6 is 0 Å². The monoisotopic (exact) mass is 200 g/mol. The first-order chi connectivity index (χ1) is 7.27. The van der Waals surface area contributed by atoms with Crippen LogP contribution in [0.3, 0.4) is 0 Å². The van der Waals surface area contributed by atoms with Crippen molar-refractivity contribution < 1.29 is 8.81 Å². The minimum atomic E-state index is -0.260. The highest BCUT2D eigenvalue weighted by molar-refractivity contribution is 6.05. The van der Waals surface area contributed by atoms with Gasteiger partial charge < -0.3 is 4.42 Å². The molecule has 0 aliphatic rings. The largest absolute Gasteiger partial charge is 0.453 e. The molecule has 2 heteroatoms. The minimum Gasteiger partial charge on any atom is -0.453 e. The first-order valence-electron chi connectivity index (χ1n) is 4.84. The minimum absolute atomic E-state index is 0.260. The van der Waals surface area contributed by atoms with Gasteiger partial charge >= 0.3 is 0 Å². The molecule has 0 atom stereocenters. The molecule has 1 heterocycles. The molecule has 0 saturated heterocycles. The Kier molecular flexibility index (Phi) is 1.60. The van der Waals surface area contributed by atoms with Gasteiger partial charge in [0.15, 0.2) is 11.4 Å². The van der Waals surface area contributed by atoms with Gasteiger partial charge in [0.2, 0.25) is 0 Å². The highest BCUT2D eigenvalue weighted by Gasteiger charge is 2.11. The number of hydrogen-bond acceptors (Lipinski definition) is 1. The van der Waals surface area contributed by atoms with E-state index in [9.17, 15) is 4.39 Å². The van der Waals surface area contributed by atoms with E-state index in [-0.39, 0.29) is 5.82 Å². The molecule has 0 bridgehead atoms. The standard InChI is InChI=1S/C13H9FO/c1-8-6-7-10-9-4-2-3-5-11(9)15-13(10)12(8)14/h2-7H,1H3. The highest BCUT2D eigenvalue weighted by atomic mass is 19.1. The van der Waals surface area contributed by atoms with E-state index in [0.29, 0.717) is 11.1 Å². The Bertz CT molecular complexity index is 652. The molecular weight excluding hydrogens is 191 g/mol. The van der Waals surface area contributed by atoms with Crippen molar-refractivity contribution in [2.24, 2.45) is 0 Å². The maximum atomic E-state index is 13.7. The van der Waals surface area contributed by atoms with Crippen LogP contribution in [0.25, 0.3) is 21.9 Å². The fourth-order valence-corrected chi connectivity index (χ4v) is 1.85. The van der Waals surface area contributed by atoms with Crippen LogP contribution in [0.4, 0.5) is 4.39 Å². The fourth-order valence-electron chi connectivity index (χ4n) is 1.85. The summed E-state index contributed by atoms with van der Waals surface area (Å²) in [5.74, 6) is -0.260. The molecule has 1 aromatic heterocycles. The molecule has 0 N–H and O–H groups in total. The van der Waals surface area contributed by atoms with Gasteiger partial charge in [-0.25, -0.2) is 4.39 Å². The Balaban J connectivity index is 2.60. The molecule has 2 aromatic carbocycles. The van der Waals surface area contributed by atoms with Crippen LogP contribution in [-0.2, 0) is 0 Å². The van der Waals surface area contributed by atoms with E-state index in [0.717, 1.165) is 16.4 Å². The Morgan fingerprint density at radius 1 is 1.00 bits per heavy atom. The van der Waals surface area contributed by atoms with Crippen molar-refractivity contribution in [1.29, 1.82) is 0 Å². The number of halogens is 1. The lowest BCUT2D eigenvalue weighted by Gasteiger charge is -1.94. The van der Waals surface area contributed by atoms with Crippen molar-refractivity contribution in [3.8, 4) is 0 Å². The molecule has 1 nitrogen and oxygen atoms in total. The van der Waals surface area contributed by atoms with E-state index >= 15 is 0 Å². The number of aryl methyl sites for hydroxylation is 1. The normalized spacial score (nSPS) is 11.3. The molecule has 0 aliphatic carbocycles. The van der Waals surface area contributed by atoms with Gasteiger partial charge in [0, 0.05) is 10.8 Å². The van der Waals surface area contributed by atoms with Crippen LogP contribution in [0.5, 0.6) is 0 Å². The summed E-state index contributed by atoms with van der Waals surface area (Å²) in [6.45, 7) is 1.74. The fraction of sp³-hybridized carbons (Fsp3) is 0.0769. The Hall–Kier alpha value is -1.83. The van der Waals surface area contributed by atoms with Gasteiger partial charge in [0.25, 0.3) is 0 Å². The number of fused-ring (bicyclic) bond motifs is 3. The van der Waals surface area contributed by atoms with E-state index < -0.39 is 0 Å². The summed E-state index contributed by atoms with van der Waals surface area (Å²) in [4.78, 5) is 0. The van der Waals surface area contributed by atoms with Crippen LogP contribution in [0.1, 0.15) is 5.56 Å². The second-order valence-electron chi connectivity index (χ2n) is 3.67. The van der Waals surface area contributed by atoms with Crippen molar-refractivity contribution in [2.75, 3.05) is 0 Å². The second-order valence-corrected chi connectivity index (χ2v) is 3.67. The number of benzene rings is 2. The molecular formula is C13H9FO. The van der Waals surface area contributed by atoms with Gasteiger partial charge in [-0.3, -0.25) is 0 Å². The Morgan fingerprint density at radius 2 is 1.80 bits per heavy atom. The van der Waals surface area contributed by atoms with Gasteiger partial charge in [-0.2, -0.15) is 0 Å². The summed E-state index contributed by atoms with van der Waals surface area (Å²) in [7, 11) is 0. The summed E-state index contributed by atoms with van der Waals surface area (Å²) in [6.07, 6.45) is 0. The van der Waals surface area contributed by atoms with Gasteiger partial charge in [-0.1, -0.05) is 30.3 Å². The molecule has 0 aliphatic heterocycles. The molecule has 3 rings (SSSR count). The smallest absolute Gasteiger partial charge is 0.171 e. The predicted octanol–water partition coefficient (Wildman–Crippen LogP) is 4.03. The number of rotatable bonds is 0. The van der Waals surface area contributed by atoms with Crippen LogP contribution in [0.2, 0.25) is 0 Å². The molecule has 0 radical (unpaired) electrons. The number of para-hydroxylation sites is 1. The molecule has 0 amide bonds. The van der Waals surface area contributed by atoms with Crippen molar-refractivity contribution in [3.63, 3.8) is 0 Å². The lowest BCUT2D eigenvalue weighted by Crippen LogP contribution is -1.80. The SMILES string of the molecule is Cc1ccc2c(oc3ccccc32)c1F. The zero-order chi connectivity index (χ0) is 10.4. The predicted molar refractivity (Wildman–Crippen MR) is 58.4 cm³/mol.